The van der Waals surface area contributed by atoms with Gasteiger partial charge >= 0.3 is 0 Å². The van der Waals surface area contributed by atoms with E-state index in [-0.39, 0.29) is 0 Å². The lowest BCUT2D eigenvalue weighted by atomic mass is 10.1. The Bertz CT molecular complexity index is 295. The fraction of sp³-hybridized carbons (Fsp3) is 0.222. The van der Waals surface area contributed by atoms with Gasteiger partial charge in [0.25, 0.3) is 0 Å². The summed E-state index contributed by atoms with van der Waals surface area (Å²) in [5.74, 6) is 0. The minimum Gasteiger partial charge on any atom is -0.305 e. The Morgan fingerprint density at radius 3 is 3.00 bits per heavy atom. The Hall–Kier alpha value is -1.51. The van der Waals surface area contributed by atoms with E-state index >= 15 is 0 Å². The highest BCUT2D eigenvalue weighted by molar-refractivity contribution is 6.24. The zero-order valence-electron chi connectivity index (χ0n) is 6.96. The number of aliphatic imine (C=N–C) groups is 1. The summed E-state index contributed by atoms with van der Waals surface area (Å²) < 4.78 is 0. The van der Waals surface area contributed by atoms with Crippen molar-refractivity contribution in [1.29, 1.82) is 10.8 Å². The molecule has 62 valence electrons. The lowest BCUT2D eigenvalue weighted by molar-refractivity contribution is 1.25. The molecule has 1 rings (SSSR count). The van der Waals surface area contributed by atoms with Crippen LogP contribution in [0, 0.1) is 10.8 Å². The van der Waals surface area contributed by atoms with E-state index in [1.807, 2.05) is 6.92 Å². The van der Waals surface area contributed by atoms with Crippen LogP contribution in [0.25, 0.3) is 0 Å². The highest BCUT2D eigenvalue weighted by Gasteiger charge is 2.02. The molecule has 0 saturated heterocycles. The molecular formula is C9H11N3. The van der Waals surface area contributed by atoms with Crippen molar-refractivity contribution >= 4 is 17.6 Å². The molecule has 0 aromatic heterocycles. The molecule has 1 aliphatic heterocycles. The summed E-state index contributed by atoms with van der Waals surface area (Å²) in [4.78, 5) is 3.88. The van der Waals surface area contributed by atoms with E-state index in [0.717, 1.165) is 0 Å². The van der Waals surface area contributed by atoms with Crippen LogP contribution in [0.3, 0.4) is 0 Å². The Morgan fingerprint density at radius 2 is 2.42 bits per heavy atom. The number of hydrogen-bond acceptors (Lipinski definition) is 3. The molecular weight excluding hydrogens is 150 g/mol. The minimum absolute atomic E-state index is 0.420. The first-order valence-electron chi connectivity index (χ1n) is 3.82. The van der Waals surface area contributed by atoms with E-state index in [0.29, 0.717) is 23.4 Å². The quantitative estimate of drug-likeness (QED) is 0.582. The fourth-order valence-electron chi connectivity index (χ4n) is 0.811. The van der Waals surface area contributed by atoms with Crippen molar-refractivity contribution in [2.24, 2.45) is 4.99 Å². The van der Waals surface area contributed by atoms with Crippen molar-refractivity contribution in [1.82, 2.24) is 0 Å². The highest BCUT2D eigenvalue weighted by Crippen LogP contribution is 2.02. The molecule has 0 aromatic rings. The van der Waals surface area contributed by atoms with Gasteiger partial charge in [-0.1, -0.05) is 6.92 Å². The van der Waals surface area contributed by atoms with Gasteiger partial charge in [0.15, 0.2) is 0 Å². The van der Waals surface area contributed by atoms with E-state index in [9.17, 15) is 0 Å². The Labute approximate surface area is 71.5 Å². The van der Waals surface area contributed by atoms with Crippen LogP contribution in [0.15, 0.2) is 28.9 Å². The molecule has 0 radical (unpaired) electrons. The third kappa shape index (κ3) is 1.99. The number of nitrogens with one attached hydrogen (secondary N) is 2. The SMILES string of the molecule is CCC(=N)/C=C1/C=NC=CC1=N. The number of nitrogens with zero attached hydrogens (tertiary/aromatic N) is 1. The maximum atomic E-state index is 7.47. The Balaban J connectivity index is 2.82. The fourth-order valence-corrected chi connectivity index (χ4v) is 0.811. The summed E-state index contributed by atoms with van der Waals surface area (Å²) in [6.07, 6.45) is 7.17. The van der Waals surface area contributed by atoms with Gasteiger partial charge in [-0.05, 0) is 18.6 Å². The van der Waals surface area contributed by atoms with Gasteiger partial charge in [-0.15, -0.1) is 0 Å². The molecule has 0 saturated carbocycles. The van der Waals surface area contributed by atoms with E-state index in [1.54, 1.807) is 24.6 Å². The summed E-state index contributed by atoms with van der Waals surface area (Å²) in [6.45, 7) is 1.92. The molecule has 0 fully saturated rings. The van der Waals surface area contributed by atoms with Crippen LogP contribution in [-0.2, 0) is 0 Å². The van der Waals surface area contributed by atoms with Crippen molar-refractivity contribution in [3.8, 4) is 0 Å². The monoisotopic (exact) mass is 161 g/mol. The van der Waals surface area contributed by atoms with Crippen molar-refractivity contribution in [3.63, 3.8) is 0 Å². The minimum atomic E-state index is 0.420. The second-order valence-corrected chi connectivity index (χ2v) is 2.49. The van der Waals surface area contributed by atoms with Gasteiger partial charge in [-0.25, -0.2) is 0 Å². The van der Waals surface area contributed by atoms with Crippen molar-refractivity contribution in [2.45, 2.75) is 13.3 Å². The molecule has 3 heteroatoms. The average Bonchev–Trinajstić information content (AvgIpc) is 2.09. The number of hydrogen-bond donors (Lipinski definition) is 2. The van der Waals surface area contributed by atoms with Gasteiger partial charge in [0.2, 0.25) is 0 Å². The van der Waals surface area contributed by atoms with E-state index in [4.69, 9.17) is 10.8 Å². The molecule has 2 N–H and O–H groups in total. The molecule has 0 spiro atoms. The summed E-state index contributed by atoms with van der Waals surface area (Å²) in [5.41, 5.74) is 1.66. The van der Waals surface area contributed by atoms with Crippen LogP contribution < -0.4 is 0 Å². The van der Waals surface area contributed by atoms with Gasteiger partial charge in [0, 0.05) is 23.7 Å². The predicted molar refractivity (Wildman–Crippen MR) is 51.5 cm³/mol. The third-order valence-electron chi connectivity index (χ3n) is 1.56. The molecule has 0 bridgehead atoms. The van der Waals surface area contributed by atoms with Crippen LogP contribution >= 0.6 is 0 Å². The maximum absolute atomic E-state index is 7.47. The Morgan fingerprint density at radius 1 is 1.67 bits per heavy atom. The van der Waals surface area contributed by atoms with Crippen LogP contribution in [0.2, 0.25) is 0 Å². The molecule has 0 unspecified atom stereocenters. The van der Waals surface area contributed by atoms with Crippen LogP contribution in [0.1, 0.15) is 13.3 Å². The van der Waals surface area contributed by atoms with Gasteiger partial charge in [0.05, 0.1) is 5.71 Å². The normalized spacial score (nSPS) is 18.8. The summed E-state index contributed by atoms with van der Waals surface area (Å²) in [7, 11) is 0. The standard InChI is InChI=1S/C9H11N3/c1-2-8(10)5-7-6-12-4-3-9(7)11/h3-6,10-11H,2H2,1H3/b7-5-,10-8?,11-9?. The average molecular weight is 161 g/mol. The molecule has 0 aliphatic carbocycles. The first kappa shape index (κ1) is 8.59. The topological polar surface area (TPSA) is 60.1 Å². The molecule has 1 heterocycles. The molecule has 0 aromatic carbocycles. The number of rotatable bonds is 2. The van der Waals surface area contributed by atoms with Crippen molar-refractivity contribution < 1.29 is 0 Å². The summed E-state index contributed by atoms with van der Waals surface area (Å²) in [6, 6.07) is 0. The van der Waals surface area contributed by atoms with Gasteiger partial charge < -0.3 is 10.8 Å². The zero-order valence-corrected chi connectivity index (χ0v) is 6.96. The maximum Gasteiger partial charge on any atom is 0.0643 e. The van der Waals surface area contributed by atoms with Crippen LogP contribution in [0.5, 0.6) is 0 Å². The first-order chi connectivity index (χ1) is 5.74. The predicted octanol–water partition coefficient (Wildman–Crippen LogP) is 1.96. The second-order valence-electron chi connectivity index (χ2n) is 2.49. The Kier molecular flexibility index (Phi) is 2.69. The molecule has 3 nitrogen and oxygen atoms in total. The van der Waals surface area contributed by atoms with Gasteiger partial charge in [-0.3, -0.25) is 4.99 Å². The second kappa shape index (κ2) is 3.76. The lowest BCUT2D eigenvalue weighted by Crippen LogP contribution is -2.04. The van der Waals surface area contributed by atoms with E-state index < -0.39 is 0 Å². The van der Waals surface area contributed by atoms with E-state index in [2.05, 4.69) is 4.99 Å². The smallest absolute Gasteiger partial charge is 0.0643 e. The zero-order chi connectivity index (χ0) is 8.97. The molecule has 12 heavy (non-hydrogen) atoms. The first-order valence-corrected chi connectivity index (χ1v) is 3.82. The summed E-state index contributed by atoms with van der Waals surface area (Å²) >= 11 is 0. The van der Waals surface area contributed by atoms with Gasteiger partial charge in [0.1, 0.15) is 0 Å². The third-order valence-corrected chi connectivity index (χ3v) is 1.56. The van der Waals surface area contributed by atoms with Crippen molar-refractivity contribution in [2.75, 3.05) is 0 Å². The summed E-state index contributed by atoms with van der Waals surface area (Å²) in [5, 5.41) is 14.9. The largest absolute Gasteiger partial charge is 0.305 e. The lowest BCUT2D eigenvalue weighted by Gasteiger charge is -2.02. The highest BCUT2D eigenvalue weighted by atomic mass is 14.7. The molecule has 0 amide bonds. The van der Waals surface area contributed by atoms with E-state index in [1.165, 1.54) is 0 Å². The van der Waals surface area contributed by atoms with Crippen LogP contribution in [-0.4, -0.2) is 17.6 Å². The molecule has 0 atom stereocenters. The van der Waals surface area contributed by atoms with Gasteiger partial charge in [-0.2, -0.15) is 0 Å². The number of allylic oxidation sites excluding steroid dienone is 3. The van der Waals surface area contributed by atoms with Crippen LogP contribution in [0.4, 0.5) is 0 Å². The molecule has 1 aliphatic rings. The van der Waals surface area contributed by atoms with Crippen molar-refractivity contribution in [3.05, 3.63) is 23.9 Å².